The van der Waals surface area contributed by atoms with Crippen LogP contribution in [0.2, 0.25) is 0 Å². The number of ether oxygens (including phenoxy) is 1. The topological polar surface area (TPSA) is 110 Å². The van der Waals surface area contributed by atoms with Gasteiger partial charge in [0.2, 0.25) is 23.5 Å². The zero-order chi connectivity index (χ0) is 22.0. The van der Waals surface area contributed by atoms with Crippen LogP contribution in [0, 0.1) is 11.8 Å². The van der Waals surface area contributed by atoms with Gasteiger partial charge in [-0.25, -0.2) is 4.79 Å². The van der Waals surface area contributed by atoms with Crippen molar-refractivity contribution in [3.8, 4) is 0 Å². The summed E-state index contributed by atoms with van der Waals surface area (Å²) in [6, 6.07) is 5.08. The molecule has 4 atom stereocenters. The molecule has 30 heavy (non-hydrogen) atoms. The normalized spacial score (nSPS) is 22.3. The van der Waals surface area contributed by atoms with Crippen LogP contribution in [0.3, 0.4) is 0 Å². The van der Waals surface area contributed by atoms with Crippen molar-refractivity contribution in [1.29, 1.82) is 0 Å². The standard InChI is InChI=1S/C22H24N2O6/c1-12(24-20(27)17-6-4-5-7-18(17)21(24)28)22(29)30-13(2)19(26)15-8-10-16(11-9-15)23-14(3)25/h4-5,8-13,17-18H,6-7H2,1-3H3,(H,23,25)/t12-,13+,17-,18-/m0/s1. The van der Waals surface area contributed by atoms with Gasteiger partial charge >= 0.3 is 5.97 Å². The predicted molar refractivity (Wildman–Crippen MR) is 107 cm³/mol. The maximum atomic E-state index is 12.6. The summed E-state index contributed by atoms with van der Waals surface area (Å²) in [7, 11) is 0. The second-order valence-electron chi connectivity index (χ2n) is 7.58. The highest BCUT2D eigenvalue weighted by Gasteiger charge is 2.50. The summed E-state index contributed by atoms with van der Waals surface area (Å²) in [5.41, 5.74) is 0.849. The lowest BCUT2D eigenvalue weighted by Crippen LogP contribution is -2.45. The number of amides is 3. The van der Waals surface area contributed by atoms with Gasteiger partial charge in [-0.1, -0.05) is 12.2 Å². The van der Waals surface area contributed by atoms with E-state index in [-0.39, 0.29) is 17.7 Å². The molecular formula is C22H24N2O6. The Labute approximate surface area is 174 Å². The molecule has 8 heteroatoms. The fourth-order valence-corrected chi connectivity index (χ4v) is 3.80. The molecule has 1 aromatic rings. The van der Waals surface area contributed by atoms with Crippen LogP contribution in [-0.4, -0.2) is 46.5 Å². The Kier molecular flexibility index (Phi) is 6.14. The number of allylic oxidation sites excluding steroid dienone is 2. The average molecular weight is 412 g/mol. The lowest BCUT2D eigenvalue weighted by molar-refractivity contribution is -0.159. The van der Waals surface area contributed by atoms with Gasteiger partial charge in [0.1, 0.15) is 6.04 Å². The van der Waals surface area contributed by atoms with Crippen molar-refractivity contribution >= 4 is 35.2 Å². The number of esters is 1. The number of anilines is 1. The number of rotatable bonds is 6. The Balaban J connectivity index is 1.63. The fraction of sp³-hybridized carbons (Fsp3) is 0.409. The van der Waals surface area contributed by atoms with Crippen LogP contribution in [0.4, 0.5) is 5.69 Å². The third-order valence-electron chi connectivity index (χ3n) is 5.42. The number of carbonyl (C=O) groups excluding carboxylic acids is 5. The summed E-state index contributed by atoms with van der Waals surface area (Å²) in [6.07, 6.45) is 3.62. The van der Waals surface area contributed by atoms with Crippen molar-refractivity contribution in [2.45, 2.75) is 45.8 Å². The minimum Gasteiger partial charge on any atom is -0.453 e. The highest BCUT2D eigenvalue weighted by atomic mass is 16.5. The smallest absolute Gasteiger partial charge is 0.329 e. The molecule has 1 aromatic carbocycles. The lowest BCUT2D eigenvalue weighted by atomic mass is 9.85. The molecule has 1 N–H and O–H groups in total. The molecule has 3 rings (SSSR count). The SMILES string of the molecule is CC(=O)Nc1ccc(C(=O)[C@@H](C)OC(=O)[C@H](C)N2C(=O)[C@H]3CC=CC[C@@H]3C2=O)cc1. The maximum Gasteiger partial charge on any atom is 0.329 e. The molecule has 0 aromatic heterocycles. The summed E-state index contributed by atoms with van der Waals surface area (Å²) < 4.78 is 5.27. The summed E-state index contributed by atoms with van der Waals surface area (Å²) >= 11 is 0. The quantitative estimate of drug-likeness (QED) is 0.332. The number of hydrogen-bond donors (Lipinski definition) is 1. The first-order valence-corrected chi connectivity index (χ1v) is 9.85. The van der Waals surface area contributed by atoms with Crippen molar-refractivity contribution < 1.29 is 28.7 Å². The summed E-state index contributed by atoms with van der Waals surface area (Å²) in [6.45, 7) is 4.25. The Morgan fingerprint density at radius 3 is 2.03 bits per heavy atom. The second kappa shape index (κ2) is 8.61. The molecule has 2 aliphatic rings. The number of benzene rings is 1. The van der Waals surface area contributed by atoms with Gasteiger partial charge in [0.25, 0.3) is 0 Å². The molecule has 158 valence electrons. The van der Waals surface area contributed by atoms with E-state index >= 15 is 0 Å². The number of ketones is 1. The summed E-state index contributed by atoms with van der Waals surface area (Å²) in [4.78, 5) is 62.4. The van der Waals surface area contributed by atoms with Crippen molar-refractivity contribution in [2.75, 3.05) is 5.32 Å². The molecule has 0 spiro atoms. The first kappa shape index (κ1) is 21.4. The third kappa shape index (κ3) is 4.17. The van der Waals surface area contributed by atoms with Gasteiger partial charge in [-0.05, 0) is 51.0 Å². The van der Waals surface area contributed by atoms with Crippen molar-refractivity contribution in [3.05, 3.63) is 42.0 Å². The second-order valence-corrected chi connectivity index (χ2v) is 7.58. The van der Waals surface area contributed by atoms with E-state index in [2.05, 4.69) is 5.32 Å². The number of hydrogen-bond acceptors (Lipinski definition) is 6. The molecule has 1 aliphatic heterocycles. The van der Waals surface area contributed by atoms with Crippen LogP contribution in [0.1, 0.15) is 44.0 Å². The Morgan fingerprint density at radius 1 is 1.00 bits per heavy atom. The number of imide groups is 1. The fourth-order valence-electron chi connectivity index (χ4n) is 3.80. The zero-order valence-corrected chi connectivity index (χ0v) is 17.1. The van der Waals surface area contributed by atoms with Gasteiger partial charge < -0.3 is 10.1 Å². The summed E-state index contributed by atoms with van der Waals surface area (Å²) in [5.74, 6) is -3.07. The average Bonchev–Trinajstić information content (AvgIpc) is 2.97. The monoisotopic (exact) mass is 412 g/mol. The molecule has 0 unspecified atom stereocenters. The van der Waals surface area contributed by atoms with E-state index < -0.39 is 35.7 Å². The van der Waals surface area contributed by atoms with Crippen LogP contribution in [0.15, 0.2) is 36.4 Å². The first-order valence-electron chi connectivity index (χ1n) is 9.85. The number of nitrogens with zero attached hydrogens (tertiary/aromatic N) is 1. The molecule has 1 heterocycles. The third-order valence-corrected chi connectivity index (χ3v) is 5.42. The minimum absolute atomic E-state index is 0.230. The van der Waals surface area contributed by atoms with Crippen LogP contribution in [0.5, 0.6) is 0 Å². The van der Waals surface area contributed by atoms with Gasteiger partial charge in [-0.2, -0.15) is 0 Å². The molecule has 1 saturated heterocycles. The Morgan fingerprint density at radius 2 is 1.53 bits per heavy atom. The van der Waals surface area contributed by atoms with Gasteiger partial charge in [0.15, 0.2) is 6.10 Å². The molecule has 0 bridgehead atoms. The van der Waals surface area contributed by atoms with Crippen molar-refractivity contribution in [1.82, 2.24) is 4.90 Å². The van der Waals surface area contributed by atoms with E-state index in [0.29, 0.717) is 24.1 Å². The molecule has 0 radical (unpaired) electrons. The predicted octanol–water partition coefficient (Wildman–Crippen LogP) is 2.10. The van der Waals surface area contributed by atoms with Gasteiger partial charge in [0.05, 0.1) is 11.8 Å². The molecule has 3 amide bonds. The Bertz CT molecular complexity index is 894. The van der Waals surface area contributed by atoms with E-state index in [4.69, 9.17) is 4.74 Å². The maximum absolute atomic E-state index is 12.6. The van der Waals surface area contributed by atoms with E-state index in [9.17, 15) is 24.0 Å². The highest BCUT2D eigenvalue weighted by molar-refractivity contribution is 6.08. The Hall–Kier alpha value is -3.29. The van der Waals surface area contributed by atoms with Crippen LogP contribution < -0.4 is 5.32 Å². The molecule has 1 aliphatic carbocycles. The van der Waals surface area contributed by atoms with Crippen LogP contribution in [0.25, 0.3) is 0 Å². The van der Waals surface area contributed by atoms with Crippen LogP contribution >= 0.6 is 0 Å². The highest BCUT2D eigenvalue weighted by Crippen LogP contribution is 2.36. The van der Waals surface area contributed by atoms with E-state index in [1.54, 1.807) is 12.1 Å². The van der Waals surface area contributed by atoms with Crippen molar-refractivity contribution in [2.24, 2.45) is 11.8 Å². The molecule has 0 saturated carbocycles. The van der Waals surface area contributed by atoms with E-state index in [1.165, 1.54) is 32.9 Å². The largest absolute Gasteiger partial charge is 0.453 e. The number of likely N-dealkylation sites (tertiary alicyclic amines) is 1. The molecule has 1 fully saturated rings. The van der Waals surface area contributed by atoms with Gasteiger partial charge in [0, 0.05) is 18.2 Å². The lowest BCUT2D eigenvalue weighted by Gasteiger charge is -2.23. The first-order chi connectivity index (χ1) is 14.2. The van der Waals surface area contributed by atoms with E-state index in [1.807, 2.05) is 12.2 Å². The molecule has 8 nitrogen and oxygen atoms in total. The molecular weight excluding hydrogens is 388 g/mol. The number of fused-ring (bicyclic) bond motifs is 1. The number of Topliss-reactive ketones (excluding diaryl/α,β-unsaturated/α-hetero) is 1. The van der Waals surface area contributed by atoms with E-state index in [0.717, 1.165) is 4.90 Å². The zero-order valence-electron chi connectivity index (χ0n) is 17.1. The van der Waals surface area contributed by atoms with Crippen LogP contribution in [-0.2, 0) is 23.9 Å². The number of carbonyl (C=O) groups is 5. The number of nitrogens with one attached hydrogen (secondary N) is 1. The van der Waals surface area contributed by atoms with Crippen molar-refractivity contribution in [3.63, 3.8) is 0 Å². The van der Waals surface area contributed by atoms with Gasteiger partial charge in [-0.3, -0.25) is 24.1 Å². The summed E-state index contributed by atoms with van der Waals surface area (Å²) in [5, 5.41) is 2.60. The van der Waals surface area contributed by atoms with Gasteiger partial charge in [-0.15, -0.1) is 0 Å². The minimum atomic E-state index is -1.10.